The first-order valence-corrected chi connectivity index (χ1v) is 6.77. The molecule has 4 rings (SSSR count). The number of pyridine rings is 1. The van der Waals surface area contributed by atoms with E-state index < -0.39 is 5.79 Å². The third kappa shape index (κ3) is 1.49. The molecule has 3 nitrogen and oxygen atoms in total. The van der Waals surface area contributed by atoms with Crippen molar-refractivity contribution in [1.82, 2.24) is 0 Å². The molecule has 3 heteroatoms. The smallest absolute Gasteiger partial charge is 0.246 e. The standard InChI is InChI=1S/C17H16NO2/c1-17(2)19-15-9-8-11-12-6-4-5-7-14(12)18(3)10-13(11)16(15)20-17/h4-10H,1-3H3/q+1. The third-order valence-electron chi connectivity index (χ3n) is 3.76. The molecule has 0 spiro atoms. The SMILES string of the molecule is C[n+]1cc2c3c(ccc2c2ccccc21)OC(C)(C)O3. The van der Waals surface area contributed by atoms with Gasteiger partial charge in [0.15, 0.2) is 17.7 Å². The Morgan fingerprint density at radius 1 is 0.900 bits per heavy atom. The second-order valence-corrected chi connectivity index (χ2v) is 5.72. The number of ether oxygens (including phenoxy) is 2. The van der Waals surface area contributed by atoms with Crippen LogP contribution >= 0.6 is 0 Å². The minimum atomic E-state index is -0.596. The molecule has 2 aromatic carbocycles. The monoisotopic (exact) mass is 266 g/mol. The van der Waals surface area contributed by atoms with Crippen molar-refractivity contribution in [3.63, 3.8) is 0 Å². The molecular formula is C17H16NO2+. The van der Waals surface area contributed by atoms with Gasteiger partial charge in [-0.15, -0.1) is 0 Å². The fourth-order valence-electron chi connectivity index (χ4n) is 2.93. The molecule has 0 saturated carbocycles. The topological polar surface area (TPSA) is 22.3 Å². The van der Waals surface area contributed by atoms with E-state index in [2.05, 4.69) is 48.1 Å². The highest BCUT2D eigenvalue weighted by atomic mass is 16.7. The molecule has 0 N–H and O–H groups in total. The number of rotatable bonds is 0. The second-order valence-electron chi connectivity index (χ2n) is 5.72. The largest absolute Gasteiger partial charge is 0.449 e. The maximum atomic E-state index is 5.98. The van der Waals surface area contributed by atoms with Crippen molar-refractivity contribution in [3.8, 4) is 11.5 Å². The van der Waals surface area contributed by atoms with Gasteiger partial charge in [-0.05, 0) is 18.2 Å². The molecule has 0 amide bonds. The maximum Gasteiger partial charge on any atom is 0.246 e. The van der Waals surface area contributed by atoms with E-state index in [1.807, 2.05) is 19.9 Å². The summed E-state index contributed by atoms with van der Waals surface area (Å²) >= 11 is 0. The van der Waals surface area contributed by atoms with E-state index in [0.717, 1.165) is 16.9 Å². The lowest BCUT2D eigenvalue weighted by atomic mass is 10.1. The van der Waals surface area contributed by atoms with E-state index >= 15 is 0 Å². The van der Waals surface area contributed by atoms with Crippen LogP contribution in [0.15, 0.2) is 42.6 Å². The lowest BCUT2D eigenvalue weighted by Gasteiger charge is -2.16. The fourth-order valence-corrected chi connectivity index (χ4v) is 2.93. The van der Waals surface area contributed by atoms with Crippen molar-refractivity contribution >= 4 is 21.7 Å². The van der Waals surface area contributed by atoms with Crippen molar-refractivity contribution in [2.75, 3.05) is 0 Å². The van der Waals surface area contributed by atoms with E-state index in [9.17, 15) is 0 Å². The van der Waals surface area contributed by atoms with Gasteiger partial charge < -0.3 is 9.47 Å². The van der Waals surface area contributed by atoms with E-state index in [1.54, 1.807) is 0 Å². The van der Waals surface area contributed by atoms with Crippen LogP contribution in [0.25, 0.3) is 21.7 Å². The molecule has 100 valence electrons. The summed E-state index contributed by atoms with van der Waals surface area (Å²) < 4.78 is 13.9. The summed E-state index contributed by atoms with van der Waals surface area (Å²) in [5.74, 6) is 1.06. The number of benzene rings is 2. The van der Waals surface area contributed by atoms with Crippen LogP contribution in [0.5, 0.6) is 11.5 Å². The van der Waals surface area contributed by atoms with Gasteiger partial charge >= 0.3 is 0 Å². The van der Waals surface area contributed by atoms with Crippen LogP contribution in [0, 0.1) is 0 Å². The summed E-state index contributed by atoms with van der Waals surface area (Å²) in [6.45, 7) is 3.86. The number of aromatic nitrogens is 1. The minimum absolute atomic E-state index is 0.596. The highest BCUT2D eigenvalue weighted by Gasteiger charge is 2.34. The Kier molecular flexibility index (Phi) is 2.09. The normalized spacial score (nSPS) is 15.9. The Balaban J connectivity index is 2.14. The number of para-hydroxylation sites is 1. The number of hydrogen-bond donors (Lipinski definition) is 0. The van der Waals surface area contributed by atoms with Gasteiger partial charge in [-0.2, -0.15) is 0 Å². The Morgan fingerprint density at radius 3 is 2.55 bits per heavy atom. The first-order valence-electron chi connectivity index (χ1n) is 6.77. The molecule has 3 aromatic rings. The summed E-state index contributed by atoms with van der Waals surface area (Å²) in [5.41, 5.74) is 1.21. The van der Waals surface area contributed by atoms with Gasteiger partial charge in [-0.25, -0.2) is 4.57 Å². The van der Waals surface area contributed by atoms with Crippen molar-refractivity contribution in [3.05, 3.63) is 42.6 Å². The Labute approximate surface area is 117 Å². The summed E-state index contributed by atoms with van der Waals surface area (Å²) in [5, 5.41) is 3.51. The second kappa shape index (κ2) is 3.63. The van der Waals surface area contributed by atoms with E-state index in [1.165, 1.54) is 16.3 Å². The zero-order valence-electron chi connectivity index (χ0n) is 11.8. The van der Waals surface area contributed by atoms with Gasteiger partial charge in [0, 0.05) is 25.3 Å². The summed E-state index contributed by atoms with van der Waals surface area (Å²) in [7, 11) is 2.06. The van der Waals surface area contributed by atoms with E-state index in [0.29, 0.717) is 0 Å². The number of aryl methyl sites for hydroxylation is 1. The highest BCUT2D eigenvalue weighted by Crippen LogP contribution is 2.44. The van der Waals surface area contributed by atoms with Gasteiger partial charge in [0.1, 0.15) is 7.05 Å². The Bertz CT molecular complexity index is 852. The Hall–Kier alpha value is -2.29. The molecule has 0 fully saturated rings. The van der Waals surface area contributed by atoms with Crippen LogP contribution in [0.4, 0.5) is 0 Å². The predicted octanol–water partition coefficient (Wildman–Crippen LogP) is 3.32. The maximum absolute atomic E-state index is 5.98. The van der Waals surface area contributed by atoms with Crippen molar-refractivity contribution in [2.24, 2.45) is 7.05 Å². The first-order chi connectivity index (χ1) is 9.55. The van der Waals surface area contributed by atoms with Crippen LogP contribution in [0.3, 0.4) is 0 Å². The summed E-state index contributed by atoms with van der Waals surface area (Å²) in [6, 6.07) is 12.5. The molecule has 0 unspecified atom stereocenters. The van der Waals surface area contributed by atoms with Gasteiger partial charge in [0.05, 0.1) is 10.8 Å². The van der Waals surface area contributed by atoms with Gasteiger partial charge in [0.2, 0.25) is 11.3 Å². The van der Waals surface area contributed by atoms with Gasteiger partial charge in [0.25, 0.3) is 0 Å². The molecule has 0 saturated heterocycles. The zero-order chi connectivity index (χ0) is 13.9. The van der Waals surface area contributed by atoms with Crippen LogP contribution in [-0.2, 0) is 7.05 Å². The third-order valence-corrected chi connectivity index (χ3v) is 3.76. The molecule has 0 bridgehead atoms. The van der Waals surface area contributed by atoms with E-state index in [4.69, 9.17) is 9.47 Å². The summed E-state index contributed by atoms with van der Waals surface area (Å²) in [6.07, 6.45) is 2.11. The Morgan fingerprint density at radius 2 is 1.70 bits per heavy atom. The van der Waals surface area contributed by atoms with Crippen molar-refractivity contribution < 1.29 is 14.0 Å². The molecule has 0 radical (unpaired) electrons. The van der Waals surface area contributed by atoms with Crippen LogP contribution in [0.1, 0.15) is 13.8 Å². The van der Waals surface area contributed by atoms with Crippen molar-refractivity contribution in [1.29, 1.82) is 0 Å². The molecule has 2 heterocycles. The van der Waals surface area contributed by atoms with Crippen LogP contribution < -0.4 is 14.0 Å². The van der Waals surface area contributed by atoms with Gasteiger partial charge in [-0.1, -0.05) is 12.1 Å². The predicted molar refractivity (Wildman–Crippen MR) is 78.0 cm³/mol. The molecular weight excluding hydrogens is 250 g/mol. The molecule has 0 atom stereocenters. The number of hydrogen-bond acceptors (Lipinski definition) is 2. The van der Waals surface area contributed by atoms with Crippen LogP contribution in [0.2, 0.25) is 0 Å². The van der Waals surface area contributed by atoms with Crippen molar-refractivity contribution in [2.45, 2.75) is 19.6 Å². The summed E-state index contributed by atoms with van der Waals surface area (Å²) in [4.78, 5) is 0. The number of fused-ring (bicyclic) bond motifs is 5. The first kappa shape index (κ1) is 11.5. The zero-order valence-corrected chi connectivity index (χ0v) is 11.8. The number of nitrogens with zero attached hydrogens (tertiary/aromatic N) is 1. The molecule has 1 aromatic heterocycles. The molecule has 1 aliphatic rings. The molecule has 20 heavy (non-hydrogen) atoms. The lowest BCUT2D eigenvalue weighted by molar-refractivity contribution is -0.643. The highest BCUT2D eigenvalue weighted by molar-refractivity contribution is 6.07. The average Bonchev–Trinajstić information content (AvgIpc) is 2.74. The molecule has 1 aliphatic heterocycles. The molecule has 0 aliphatic carbocycles. The van der Waals surface area contributed by atoms with Crippen LogP contribution in [-0.4, -0.2) is 5.79 Å². The minimum Gasteiger partial charge on any atom is -0.449 e. The fraction of sp³-hybridized carbons (Fsp3) is 0.235. The van der Waals surface area contributed by atoms with Gasteiger partial charge in [-0.3, -0.25) is 0 Å². The average molecular weight is 266 g/mol. The van der Waals surface area contributed by atoms with E-state index in [-0.39, 0.29) is 0 Å². The quantitative estimate of drug-likeness (QED) is 0.460. The lowest BCUT2D eigenvalue weighted by Crippen LogP contribution is -2.30.